The molecule has 1 unspecified atom stereocenters. The molecule has 3 aromatic rings. The Morgan fingerprint density at radius 3 is 2.52 bits per heavy atom. The van der Waals surface area contributed by atoms with Crippen LogP contribution in [0.1, 0.15) is 6.92 Å². The Bertz CT molecular complexity index is 1040. The summed E-state index contributed by atoms with van der Waals surface area (Å²) in [5.41, 5.74) is 1.01. The number of anilines is 1. The van der Waals surface area contributed by atoms with E-state index in [9.17, 15) is 9.59 Å². The van der Waals surface area contributed by atoms with Crippen LogP contribution in [0, 0.1) is 0 Å². The molecule has 1 heterocycles. The van der Waals surface area contributed by atoms with Crippen LogP contribution in [0.25, 0.3) is 11.4 Å². The molecule has 0 spiro atoms. The minimum absolute atomic E-state index is 0.200. The lowest BCUT2D eigenvalue weighted by atomic mass is 10.2. The molecule has 2 aromatic carbocycles. The first-order valence-corrected chi connectivity index (χ1v) is 9.45. The summed E-state index contributed by atoms with van der Waals surface area (Å²) >= 11 is 17.8. The fourth-order valence-corrected chi connectivity index (χ4v) is 2.86. The number of nitrogens with zero attached hydrogens (tertiary/aromatic N) is 4. The molecule has 29 heavy (non-hydrogen) atoms. The lowest BCUT2D eigenvalue weighted by Gasteiger charge is -2.14. The average molecular weight is 455 g/mol. The van der Waals surface area contributed by atoms with Gasteiger partial charge in [-0.05, 0) is 24.3 Å². The number of esters is 1. The van der Waals surface area contributed by atoms with E-state index in [-0.39, 0.29) is 27.3 Å². The van der Waals surface area contributed by atoms with Crippen molar-refractivity contribution in [3.63, 3.8) is 0 Å². The van der Waals surface area contributed by atoms with Gasteiger partial charge in [0.25, 0.3) is 5.91 Å². The number of rotatable bonds is 6. The average Bonchev–Trinajstić information content (AvgIpc) is 3.15. The third-order valence-corrected chi connectivity index (χ3v) is 4.74. The molecule has 1 aromatic heterocycles. The molecular weight excluding hydrogens is 441 g/mol. The Labute approximate surface area is 180 Å². The van der Waals surface area contributed by atoms with Crippen molar-refractivity contribution >= 4 is 52.4 Å². The van der Waals surface area contributed by atoms with Crippen molar-refractivity contribution in [3.8, 4) is 11.4 Å². The van der Waals surface area contributed by atoms with Gasteiger partial charge in [-0.1, -0.05) is 65.1 Å². The molecule has 0 saturated carbocycles. The second kappa shape index (κ2) is 9.21. The number of benzene rings is 2. The minimum atomic E-state index is -1.09. The van der Waals surface area contributed by atoms with Crippen LogP contribution in [0.2, 0.25) is 15.1 Å². The molecule has 0 saturated heterocycles. The van der Waals surface area contributed by atoms with E-state index in [1.807, 2.05) is 30.3 Å². The van der Waals surface area contributed by atoms with Crippen LogP contribution < -0.4 is 5.32 Å². The first-order valence-electron chi connectivity index (χ1n) is 8.31. The quantitative estimate of drug-likeness (QED) is 0.448. The standard InChI is InChI=1S/C18H14Cl3N5O3/c1-10(18(28)22-15-8-13(20)12(19)7-14(15)21)29-16(27)9-26-24-17(23-25-26)11-5-3-2-4-6-11/h2-8,10H,9H2,1H3,(H,22,28). The molecule has 8 nitrogen and oxygen atoms in total. The van der Waals surface area contributed by atoms with Crippen molar-refractivity contribution in [2.45, 2.75) is 19.6 Å². The van der Waals surface area contributed by atoms with E-state index in [2.05, 4.69) is 20.7 Å². The predicted molar refractivity (Wildman–Crippen MR) is 109 cm³/mol. The second-order valence-corrected chi connectivity index (χ2v) is 7.10. The Hall–Kier alpha value is -2.68. The fourth-order valence-electron chi connectivity index (χ4n) is 2.27. The largest absolute Gasteiger partial charge is 0.451 e. The zero-order chi connectivity index (χ0) is 21.0. The van der Waals surface area contributed by atoms with Crippen molar-refractivity contribution in [2.24, 2.45) is 0 Å². The van der Waals surface area contributed by atoms with Gasteiger partial charge in [-0.15, -0.1) is 10.2 Å². The lowest BCUT2D eigenvalue weighted by molar-refractivity contribution is -0.154. The highest BCUT2D eigenvalue weighted by Gasteiger charge is 2.20. The molecule has 0 radical (unpaired) electrons. The Morgan fingerprint density at radius 1 is 1.10 bits per heavy atom. The molecule has 0 aliphatic carbocycles. The summed E-state index contributed by atoms with van der Waals surface area (Å²) in [4.78, 5) is 25.4. The van der Waals surface area contributed by atoms with Crippen LogP contribution in [-0.4, -0.2) is 38.2 Å². The number of tetrazole rings is 1. The number of amides is 1. The van der Waals surface area contributed by atoms with Gasteiger partial charge in [0, 0.05) is 5.56 Å². The smallest absolute Gasteiger partial charge is 0.330 e. The number of hydrogen-bond donors (Lipinski definition) is 1. The Kier molecular flexibility index (Phi) is 6.68. The van der Waals surface area contributed by atoms with E-state index in [0.29, 0.717) is 5.82 Å². The van der Waals surface area contributed by atoms with E-state index in [0.717, 1.165) is 10.4 Å². The first-order chi connectivity index (χ1) is 13.8. The van der Waals surface area contributed by atoms with Crippen LogP contribution >= 0.6 is 34.8 Å². The monoisotopic (exact) mass is 453 g/mol. The fraction of sp³-hybridized carbons (Fsp3) is 0.167. The van der Waals surface area contributed by atoms with E-state index in [1.165, 1.54) is 19.1 Å². The van der Waals surface area contributed by atoms with Crippen LogP contribution in [0.5, 0.6) is 0 Å². The molecular formula is C18H14Cl3N5O3. The van der Waals surface area contributed by atoms with Crippen molar-refractivity contribution in [1.29, 1.82) is 0 Å². The highest BCUT2D eigenvalue weighted by atomic mass is 35.5. The molecule has 0 aliphatic heterocycles. The Morgan fingerprint density at radius 2 is 1.79 bits per heavy atom. The SMILES string of the molecule is CC(OC(=O)Cn1nnc(-c2ccccc2)n1)C(=O)Nc1cc(Cl)c(Cl)cc1Cl. The molecule has 0 aliphatic rings. The van der Waals surface area contributed by atoms with Gasteiger partial charge in [-0.25, -0.2) is 4.79 Å². The zero-order valence-corrected chi connectivity index (χ0v) is 17.2. The van der Waals surface area contributed by atoms with E-state index in [1.54, 1.807) is 0 Å². The number of carbonyl (C=O) groups excluding carboxylic acids is 2. The number of hydrogen-bond acceptors (Lipinski definition) is 6. The van der Waals surface area contributed by atoms with Crippen molar-refractivity contribution in [1.82, 2.24) is 20.2 Å². The summed E-state index contributed by atoms with van der Waals surface area (Å²) in [5.74, 6) is -0.918. The van der Waals surface area contributed by atoms with Crippen molar-refractivity contribution < 1.29 is 14.3 Å². The summed E-state index contributed by atoms with van der Waals surface area (Å²) in [7, 11) is 0. The van der Waals surface area contributed by atoms with Gasteiger partial charge in [0.05, 0.1) is 20.8 Å². The third kappa shape index (κ3) is 5.44. The van der Waals surface area contributed by atoms with Gasteiger partial charge < -0.3 is 10.1 Å². The van der Waals surface area contributed by atoms with Crippen LogP contribution in [0.3, 0.4) is 0 Å². The Balaban J connectivity index is 1.57. The molecule has 1 N–H and O–H groups in total. The number of aromatic nitrogens is 4. The maximum Gasteiger partial charge on any atom is 0.330 e. The molecule has 150 valence electrons. The minimum Gasteiger partial charge on any atom is -0.451 e. The van der Waals surface area contributed by atoms with Crippen LogP contribution in [0.4, 0.5) is 5.69 Å². The van der Waals surface area contributed by atoms with E-state index in [4.69, 9.17) is 39.5 Å². The van der Waals surface area contributed by atoms with Crippen molar-refractivity contribution in [3.05, 3.63) is 57.5 Å². The van der Waals surface area contributed by atoms with Gasteiger partial charge in [0.1, 0.15) is 0 Å². The predicted octanol–water partition coefficient (Wildman–Crippen LogP) is 3.87. The topological polar surface area (TPSA) is 99.0 Å². The highest BCUT2D eigenvalue weighted by Crippen LogP contribution is 2.32. The van der Waals surface area contributed by atoms with Gasteiger partial charge >= 0.3 is 5.97 Å². The third-order valence-electron chi connectivity index (χ3n) is 3.70. The number of halogens is 3. The zero-order valence-electron chi connectivity index (χ0n) is 15.0. The summed E-state index contributed by atoms with van der Waals surface area (Å²) < 4.78 is 5.12. The normalized spacial score (nSPS) is 11.7. The summed E-state index contributed by atoms with van der Waals surface area (Å²) in [6.45, 7) is 1.12. The molecule has 0 bridgehead atoms. The van der Waals surface area contributed by atoms with Gasteiger partial charge in [-0.2, -0.15) is 4.80 Å². The van der Waals surface area contributed by atoms with Gasteiger partial charge in [-0.3, -0.25) is 4.79 Å². The van der Waals surface area contributed by atoms with Crippen LogP contribution in [-0.2, 0) is 20.9 Å². The molecule has 3 rings (SSSR count). The number of nitrogens with one attached hydrogen (secondary N) is 1. The molecule has 1 amide bonds. The number of carbonyl (C=O) groups is 2. The van der Waals surface area contributed by atoms with Crippen molar-refractivity contribution in [2.75, 3.05) is 5.32 Å². The summed E-state index contributed by atoms with van der Waals surface area (Å²) in [6, 6.07) is 12.0. The number of ether oxygens (including phenoxy) is 1. The maximum absolute atomic E-state index is 12.3. The molecule has 11 heteroatoms. The van der Waals surface area contributed by atoms with Gasteiger partial charge in [0.15, 0.2) is 12.6 Å². The van der Waals surface area contributed by atoms with E-state index >= 15 is 0 Å². The maximum atomic E-state index is 12.3. The molecule has 0 fully saturated rings. The first kappa shape index (κ1) is 21.0. The summed E-state index contributed by atoms with van der Waals surface area (Å²) in [5, 5.41) is 15.0. The molecule has 1 atom stereocenters. The van der Waals surface area contributed by atoms with Gasteiger partial charge in [0.2, 0.25) is 5.82 Å². The lowest BCUT2D eigenvalue weighted by Crippen LogP contribution is -2.31. The van der Waals surface area contributed by atoms with Crippen LogP contribution in [0.15, 0.2) is 42.5 Å². The summed E-state index contributed by atoms with van der Waals surface area (Å²) in [6.07, 6.45) is -1.09. The van der Waals surface area contributed by atoms with E-state index < -0.39 is 18.0 Å². The second-order valence-electron chi connectivity index (χ2n) is 5.88. The highest BCUT2D eigenvalue weighted by molar-refractivity contribution is 6.44.